The quantitative estimate of drug-likeness (QED) is 0.658. The van der Waals surface area contributed by atoms with Gasteiger partial charge < -0.3 is 14.6 Å². The summed E-state index contributed by atoms with van der Waals surface area (Å²) < 4.78 is 6.72. The van der Waals surface area contributed by atoms with Crippen molar-refractivity contribution in [2.45, 2.75) is 71.4 Å². The van der Waals surface area contributed by atoms with Crippen molar-refractivity contribution in [1.29, 1.82) is 0 Å². The number of hydrogen-bond acceptors (Lipinski definition) is 4. The molecule has 0 aliphatic heterocycles. The van der Waals surface area contributed by atoms with Crippen LogP contribution in [0.4, 0.5) is 0 Å². The fourth-order valence-corrected chi connectivity index (χ4v) is 4.27. The van der Waals surface area contributed by atoms with Crippen LogP contribution >= 0.6 is 0 Å². The Morgan fingerprint density at radius 1 is 1.06 bits per heavy atom. The minimum Gasteiger partial charge on any atom is -0.467 e. The third-order valence-corrected chi connectivity index (χ3v) is 6.12. The van der Waals surface area contributed by atoms with Gasteiger partial charge in [0.05, 0.1) is 7.11 Å². The molecule has 1 atom stereocenters. The highest BCUT2D eigenvalue weighted by Gasteiger charge is 2.27. The first-order valence-corrected chi connectivity index (χ1v) is 11.6. The van der Waals surface area contributed by atoms with Crippen molar-refractivity contribution < 1.29 is 14.3 Å². The van der Waals surface area contributed by atoms with E-state index in [2.05, 4.69) is 19.2 Å². The number of fused-ring (bicyclic) bond motifs is 1. The zero-order chi connectivity index (χ0) is 23.1. The van der Waals surface area contributed by atoms with Crippen LogP contribution in [0.2, 0.25) is 0 Å². The molecular weight excluding hydrogens is 404 g/mol. The summed E-state index contributed by atoms with van der Waals surface area (Å²) >= 11 is 0. The number of rotatable bonds is 7. The van der Waals surface area contributed by atoms with E-state index in [0.717, 1.165) is 56.2 Å². The molecule has 6 heteroatoms. The van der Waals surface area contributed by atoms with E-state index in [1.807, 2.05) is 10.6 Å². The lowest BCUT2D eigenvalue weighted by atomic mass is 9.95. The van der Waals surface area contributed by atoms with Gasteiger partial charge in [0.25, 0.3) is 11.5 Å². The number of methoxy groups -OCH3 is 1. The molecule has 0 spiro atoms. The molecule has 0 bridgehead atoms. The summed E-state index contributed by atoms with van der Waals surface area (Å²) in [6, 6.07) is 9.71. The third kappa shape index (κ3) is 5.67. The fourth-order valence-electron chi connectivity index (χ4n) is 4.27. The molecular formula is C26H34N2O4. The first kappa shape index (κ1) is 23.8. The maximum Gasteiger partial charge on any atom is 0.333 e. The highest BCUT2D eigenvalue weighted by Crippen LogP contribution is 2.22. The molecule has 2 aromatic rings. The molecule has 172 valence electrons. The molecule has 0 fully saturated rings. The summed E-state index contributed by atoms with van der Waals surface area (Å²) in [4.78, 5) is 39.1. The van der Waals surface area contributed by atoms with Gasteiger partial charge in [0, 0.05) is 12.2 Å². The van der Waals surface area contributed by atoms with Gasteiger partial charge in [0.1, 0.15) is 5.56 Å². The van der Waals surface area contributed by atoms with Gasteiger partial charge in [-0.25, -0.2) is 4.79 Å². The minimum absolute atomic E-state index is 0.0953. The Hall–Kier alpha value is -2.89. The van der Waals surface area contributed by atoms with Gasteiger partial charge in [-0.05, 0) is 55.2 Å². The van der Waals surface area contributed by atoms with Crippen LogP contribution in [0.1, 0.15) is 79.2 Å². The number of ether oxygens (including phenoxy) is 1. The second-order valence-corrected chi connectivity index (χ2v) is 8.92. The van der Waals surface area contributed by atoms with E-state index in [4.69, 9.17) is 4.74 Å². The largest absolute Gasteiger partial charge is 0.467 e. The van der Waals surface area contributed by atoms with Crippen molar-refractivity contribution in [1.82, 2.24) is 9.88 Å². The van der Waals surface area contributed by atoms with Gasteiger partial charge in [-0.2, -0.15) is 0 Å². The van der Waals surface area contributed by atoms with E-state index in [9.17, 15) is 14.4 Å². The first-order chi connectivity index (χ1) is 15.4. The number of nitrogens with zero attached hydrogens (tertiary/aromatic N) is 1. The number of benzene rings is 1. The molecule has 1 aliphatic rings. The lowest BCUT2D eigenvalue weighted by molar-refractivity contribution is -0.143. The van der Waals surface area contributed by atoms with Gasteiger partial charge in [0.15, 0.2) is 6.04 Å². The standard InChI is InChI=1S/C26H34N2O4/c1-18(2)15-16-28-22-14-10-5-4-7-13-20(22)17-21(25(28)30)24(29)27-23(26(31)32-3)19-11-8-6-9-12-19/h6,8-9,11-12,17-18,23H,4-5,7,10,13-16H2,1-3H3,(H,27,29). The molecule has 1 N–H and O–H groups in total. The summed E-state index contributed by atoms with van der Waals surface area (Å²) in [6.07, 6.45) is 7.01. The molecule has 1 aromatic carbocycles. The van der Waals surface area contributed by atoms with Crippen molar-refractivity contribution in [3.05, 3.63) is 69.1 Å². The SMILES string of the molecule is COC(=O)C(NC(=O)c1cc2c(n(CCC(C)C)c1=O)CCCCCC2)c1ccccc1. The smallest absolute Gasteiger partial charge is 0.333 e. The predicted octanol–water partition coefficient (Wildman–Crippen LogP) is 4.20. The lowest BCUT2D eigenvalue weighted by Gasteiger charge is -2.22. The summed E-state index contributed by atoms with van der Waals surface area (Å²) in [5.74, 6) is -0.668. The number of aromatic nitrogens is 1. The van der Waals surface area contributed by atoms with E-state index in [0.29, 0.717) is 18.0 Å². The Morgan fingerprint density at radius 2 is 1.75 bits per heavy atom. The van der Waals surface area contributed by atoms with Crippen LogP contribution in [0.5, 0.6) is 0 Å². The number of carbonyl (C=O) groups is 2. The number of esters is 1. The minimum atomic E-state index is -0.973. The van der Waals surface area contributed by atoms with Gasteiger partial charge in [-0.15, -0.1) is 0 Å². The number of amides is 1. The third-order valence-electron chi connectivity index (χ3n) is 6.12. The molecule has 0 radical (unpaired) electrons. The lowest BCUT2D eigenvalue weighted by Crippen LogP contribution is -2.39. The van der Waals surface area contributed by atoms with Gasteiger partial charge in [-0.1, -0.05) is 57.0 Å². The Morgan fingerprint density at radius 3 is 2.41 bits per heavy atom. The van der Waals surface area contributed by atoms with E-state index in [1.54, 1.807) is 30.3 Å². The maximum atomic E-state index is 13.4. The summed E-state index contributed by atoms with van der Waals surface area (Å²) in [6.45, 7) is 4.86. The van der Waals surface area contributed by atoms with Crippen LogP contribution in [-0.2, 0) is 28.9 Å². The molecule has 1 heterocycles. The molecule has 3 rings (SSSR count). The fraction of sp³-hybridized carbons (Fsp3) is 0.500. The van der Waals surface area contributed by atoms with Crippen LogP contribution in [0.3, 0.4) is 0 Å². The van der Waals surface area contributed by atoms with E-state index in [1.165, 1.54) is 7.11 Å². The Labute approximate surface area is 190 Å². The Bertz CT molecular complexity index is 995. The van der Waals surface area contributed by atoms with Gasteiger partial charge in [-0.3, -0.25) is 9.59 Å². The molecule has 6 nitrogen and oxygen atoms in total. The van der Waals surface area contributed by atoms with Crippen molar-refractivity contribution >= 4 is 11.9 Å². The van der Waals surface area contributed by atoms with Crippen molar-refractivity contribution in [3.8, 4) is 0 Å². The number of hydrogen-bond donors (Lipinski definition) is 1. The molecule has 1 aromatic heterocycles. The summed E-state index contributed by atoms with van der Waals surface area (Å²) in [7, 11) is 1.29. The molecule has 0 saturated carbocycles. The van der Waals surface area contributed by atoms with Gasteiger partial charge in [0.2, 0.25) is 0 Å². The van der Waals surface area contributed by atoms with E-state index < -0.39 is 17.9 Å². The highest BCUT2D eigenvalue weighted by atomic mass is 16.5. The molecule has 0 saturated heterocycles. The van der Waals surface area contributed by atoms with Crippen molar-refractivity contribution in [2.24, 2.45) is 5.92 Å². The normalized spacial score (nSPS) is 14.8. The zero-order valence-corrected chi connectivity index (χ0v) is 19.4. The van der Waals surface area contributed by atoms with Crippen molar-refractivity contribution in [2.75, 3.05) is 7.11 Å². The second kappa shape index (κ2) is 11.1. The number of carbonyl (C=O) groups excluding carboxylic acids is 2. The summed E-state index contributed by atoms with van der Waals surface area (Å²) in [5.41, 5.74) is 2.57. The van der Waals surface area contributed by atoms with Crippen LogP contribution in [0.15, 0.2) is 41.2 Å². The second-order valence-electron chi connectivity index (χ2n) is 8.92. The average Bonchev–Trinajstić information content (AvgIpc) is 2.77. The summed E-state index contributed by atoms with van der Waals surface area (Å²) in [5, 5.41) is 2.74. The molecule has 1 unspecified atom stereocenters. The average molecular weight is 439 g/mol. The van der Waals surface area contributed by atoms with Crippen LogP contribution in [-0.4, -0.2) is 23.6 Å². The molecule has 1 aliphatic carbocycles. The maximum absolute atomic E-state index is 13.4. The number of pyridine rings is 1. The van der Waals surface area contributed by atoms with Crippen molar-refractivity contribution in [3.63, 3.8) is 0 Å². The molecule has 32 heavy (non-hydrogen) atoms. The Balaban J connectivity index is 2.00. The topological polar surface area (TPSA) is 77.4 Å². The predicted molar refractivity (Wildman–Crippen MR) is 125 cm³/mol. The van der Waals surface area contributed by atoms with Gasteiger partial charge >= 0.3 is 5.97 Å². The van der Waals surface area contributed by atoms with Crippen LogP contribution in [0.25, 0.3) is 0 Å². The number of aryl methyl sites for hydroxylation is 1. The monoisotopic (exact) mass is 438 g/mol. The van der Waals surface area contributed by atoms with Crippen LogP contribution < -0.4 is 10.9 Å². The number of nitrogens with one attached hydrogen (secondary N) is 1. The zero-order valence-electron chi connectivity index (χ0n) is 19.4. The van der Waals surface area contributed by atoms with Crippen LogP contribution in [0, 0.1) is 5.92 Å². The highest BCUT2D eigenvalue weighted by molar-refractivity contribution is 5.97. The first-order valence-electron chi connectivity index (χ1n) is 11.6. The Kier molecular flexibility index (Phi) is 8.26. The molecule has 1 amide bonds. The van der Waals surface area contributed by atoms with E-state index >= 15 is 0 Å². The van der Waals surface area contributed by atoms with E-state index in [-0.39, 0.29) is 11.1 Å².